The van der Waals surface area contributed by atoms with Gasteiger partial charge in [0.05, 0.1) is 12.0 Å². The van der Waals surface area contributed by atoms with Crippen molar-refractivity contribution in [3.05, 3.63) is 52.5 Å². The molecule has 4 heterocycles. The fourth-order valence-electron chi connectivity index (χ4n) is 4.22. The van der Waals surface area contributed by atoms with Crippen molar-refractivity contribution in [2.75, 3.05) is 26.2 Å². The van der Waals surface area contributed by atoms with Crippen molar-refractivity contribution in [1.82, 2.24) is 14.8 Å². The number of likely N-dealkylation sites (tertiary alicyclic amines) is 2. The summed E-state index contributed by atoms with van der Waals surface area (Å²) in [5.74, 6) is 0.293. The minimum atomic E-state index is 0.0640. The van der Waals surface area contributed by atoms with Gasteiger partial charge in [-0.05, 0) is 42.3 Å². The Balaban J connectivity index is 1.40. The van der Waals surface area contributed by atoms with E-state index in [1.165, 1.54) is 0 Å². The molecular weight excluding hydrogens is 346 g/mol. The number of amides is 2. The molecule has 0 unspecified atom stereocenters. The van der Waals surface area contributed by atoms with Gasteiger partial charge in [-0.3, -0.25) is 14.6 Å². The van der Waals surface area contributed by atoms with E-state index in [1.54, 1.807) is 23.7 Å². The van der Waals surface area contributed by atoms with Crippen LogP contribution in [0.4, 0.5) is 0 Å². The number of carbonyl (C=O) groups is 2. The van der Waals surface area contributed by atoms with Gasteiger partial charge in [0.2, 0.25) is 5.91 Å². The van der Waals surface area contributed by atoms with Gasteiger partial charge in [0, 0.05) is 49.4 Å². The van der Waals surface area contributed by atoms with Crippen molar-refractivity contribution >= 4 is 23.2 Å². The fourth-order valence-corrected chi connectivity index (χ4v) is 4.85. The van der Waals surface area contributed by atoms with Crippen molar-refractivity contribution in [3.63, 3.8) is 0 Å². The summed E-state index contributed by atoms with van der Waals surface area (Å²) in [6.07, 6.45) is 6.98. The minimum absolute atomic E-state index is 0.0640. The van der Waals surface area contributed by atoms with Crippen LogP contribution in [0.25, 0.3) is 0 Å². The second-order valence-corrected chi connectivity index (χ2v) is 8.23. The molecule has 1 spiro atoms. The Morgan fingerprint density at radius 1 is 1.15 bits per heavy atom. The Kier molecular flexibility index (Phi) is 4.76. The summed E-state index contributed by atoms with van der Waals surface area (Å²) in [4.78, 5) is 33.4. The Morgan fingerprint density at radius 3 is 2.81 bits per heavy atom. The summed E-state index contributed by atoms with van der Waals surface area (Å²) in [5, 5.41) is 3.86. The van der Waals surface area contributed by atoms with E-state index in [1.807, 2.05) is 38.8 Å². The SMILES string of the molecule is O=C(Cc1cccnc1)N1CCC[C@]2(CCN(C(=O)c3ccsc3)C2)C1. The average Bonchev–Trinajstić information content (AvgIpc) is 3.33. The van der Waals surface area contributed by atoms with Gasteiger partial charge in [-0.25, -0.2) is 0 Å². The number of thiophene rings is 1. The van der Waals surface area contributed by atoms with E-state index in [-0.39, 0.29) is 17.2 Å². The van der Waals surface area contributed by atoms with E-state index in [0.717, 1.165) is 56.6 Å². The zero-order valence-corrected chi connectivity index (χ0v) is 15.6. The summed E-state index contributed by atoms with van der Waals surface area (Å²) < 4.78 is 0. The molecule has 4 rings (SSSR count). The monoisotopic (exact) mass is 369 g/mol. The van der Waals surface area contributed by atoms with Crippen LogP contribution in [-0.2, 0) is 11.2 Å². The summed E-state index contributed by atoms with van der Waals surface area (Å²) >= 11 is 1.55. The van der Waals surface area contributed by atoms with Gasteiger partial charge < -0.3 is 9.80 Å². The second-order valence-electron chi connectivity index (χ2n) is 7.45. The smallest absolute Gasteiger partial charge is 0.254 e. The molecule has 0 radical (unpaired) electrons. The quantitative estimate of drug-likeness (QED) is 0.836. The third kappa shape index (κ3) is 3.51. The predicted octanol–water partition coefficient (Wildman–Crippen LogP) is 2.84. The van der Waals surface area contributed by atoms with E-state index < -0.39 is 0 Å². The molecule has 2 fully saturated rings. The van der Waals surface area contributed by atoms with Gasteiger partial charge in [0.15, 0.2) is 0 Å². The van der Waals surface area contributed by atoms with Crippen molar-refractivity contribution in [2.45, 2.75) is 25.7 Å². The van der Waals surface area contributed by atoms with Gasteiger partial charge in [-0.15, -0.1) is 0 Å². The first-order valence-corrected chi connectivity index (χ1v) is 10.1. The molecule has 5 nitrogen and oxygen atoms in total. The molecule has 0 aromatic carbocycles. The molecule has 0 aliphatic carbocycles. The third-order valence-corrected chi connectivity index (χ3v) is 6.27. The fraction of sp³-hybridized carbons (Fsp3) is 0.450. The van der Waals surface area contributed by atoms with Crippen LogP contribution >= 0.6 is 11.3 Å². The first kappa shape index (κ1) is 17.2. The number of rotatable bonds is 3. The van der Waals surface area contributed by atoms with Crippen molar-refractivity contribution < 1.29 is 9.59 Å². The van der Waals surface area contributed by atoms with Gasteiger partial charge in [0.1, 0.15) is 0 Å². The molecule has 0 saturated carbocycles. The van der Waals surface area contributed by atoms with E-state index in [2.05, 4.69) is 4.98 Å². The van der Waals surface area contributed by atoms with Gasteiger partial charge in [-0.2, -0.15) is 11.3 Å². The minimum Gasteiger partial charge on any atom is -0.342 e. The lowest BCUT2D eigenvalue weighted by Gasteiger charge is -2.40. The molecule has 2 aromatic rings. The Labute approximate surface area is 157 Å². The number of hydrogen-bond donors (Lipinski definition) is 0. The maximum absolute atomic E-state index is 12.7. The van der Waals surface area contributed by atoms with E-state index in [4.69, 9.17) is 0 Å². The normalized spacial score (nSPS) is 22.8. The molecule has 2 aliphatic rings. The molecule has 2 amide bonds. The largest absolute Gasteiger partial charge is 0.342 e. The molecule has 2 aromatic heterocycles. The van der Waals surface area contributed by atoms with Gasteiger partial charge in [0.25, 0.3) is 5.91 Å². The van der Waals surface area contributed by atoms with Crippen LogP contribution < -0.4 is 0 Å². The Hall–Kier alpha value is -2.21. The molecular formula is C20H23N3O2S. The first-order valence-electron chi connectivity index (χ1n) is 9.13. The highest BCUT2D eigenvalue weighted by atomic mass is 32.1. The lowest BCUT2D eigenvalue weighted by Crippen LogP contribution is -2.48. The van der Waals surface area contributed by atoms with Crippen LogP contribution in [0.3, 0.4) is 0 Å². The standard InChI is InChI=1S/C20H23N3O2S/c24-18(11-16-3-1-7-21-12-16)22-8-2-5-20(14-22)6-9-23(15-20)19(25)17-4-10-26-13-17/h1,3-4,7,10,12-13H,2,5-6,8-9,11,14-15H2/t20-/m0/s1. The topological polar surface area (TPSA) is 53.5 Å². The predicted molar refractivity (Wildman–Crippen MR) is 101 cm³/mol. The maximum Gasteiger partial charge on any atom is 0.254 e. The first-order chi connectivity index (χ1) is 12.7. The molecule has 2 saturated heterocycles. The van der Waals surface area contributed by atoms with Crippen LogP contribution in [-0.4, -0.2) is 52.8 Å². The third-order valence-electron chi connectivity index (χ3n) is 5.59. The highest BCUT2D eigenvalue weighted by Gasteiger charge is 2.43. The highest BCUT2D eigenvalue weighted by Crippen LogP contribution is 2.39. The summed E-state index contributed by atoms with van der Waals surface area (Å²) in [5.41, 5.74) is 1.80. The van der Waals surface area contributed by atoms with Crippen LogP contribution in [0.5, 0.6) is 0 Å². The second kappa shape index (κ2) is 7.19. The van der Waals surface area contributed by atoms with Gasteiger partial charge in [-0.1, -0.05) is 6.07 Å². The van der Waals surface area contributed by atoms with Crippen molar-refractivity contribution in [2.24, 2.45) is 5.41 Å². The lowest BCUT2D eigenvalue weighted by atomic mass is 9.79. The molecule has 1 atom stereocenters. The number of carbonyl (C=O) groups excluding carboxylic acids is 2. The maximum atomic E-state index is 12.7. The van der Waals surface area contributed by atoms with Crippen molar-refractivity contribution in [1.29, 1.82) is 0 Å². The molecule has 0 N–H and O–H groups in total. The van der Waals surface area contributed by atoms with Crippen LogP contribution in [0.15, 0.2) is 41.4 Å². The zero-order valence-electron chi connectivity index (χ0n) is 14.8. The molecule has 26 heavy (non-hydrogen) atoms. The van der Waals surface area contributed by atoms with Crippen LogP contribution in [0.2, 0.25) is 0 Å². The summed E-state index contributed by atoms with van der Waals surface area (Å²) in [6.45, 7) is 3.14. The number of nitrogens with zero attached hydrogens (tertiary/aromatic N) is 3. The molecule has 0 bridgehead atoms. The highest BCUT2D eigenvalue weighted by molar-refractivity contribution is 7.08. The number of aromatic nitrogens is 1. The van der Waals surface area contributed by atoms with Crippen molar-refractivity contribution in [3.8, 4) is 0 Å². The number of piperidine rings is 1. The summed E-state index contributed by atoms with van der Waals surface area (Å²) in [6, 6.07) is 5.70. The van der Waals surface area contributed by atoms with Gasteiger partial charge >= 0.3 is 0 Å². The van der Waals surface area contributed by atoms with E-state index in [9.17, 15) is 9.59 Å². The average molecular weight is 369 g/mol. The van der Waals surface area contributed by atoms with E-state index >= 15 is 0 Å². The Morgan fingerprint density at radius 2 is 2.04 bits per heavy atom. The molecule has 2 aliphatic heterocycles. The zero-order chi connectivity index (χ0) is 18.0. The molecule has 6 heteroatoms. The van der Waals surface area contributed by atoms with Crippen LogP contribution in [0, 0.1) is 5.41 Å². The molecule has 136 valence electrons. The number of hydrogen-bond acceptors (Lipinski definition) is 4. The summed E-state index contributed by atoms with van der Waals surface area (Å²) in [7, 11) is 0. The number of pyridine rings is 1. The van der Waals surface area contributed by atoms with E-state index in [0.29, 0.717) is 6.42 Å². The Bertz CT molecular complexity index is 778. The lowest BCUT2D eigenvalue weighted by molar-refractivity contribution is -0.133. The van der Waals surface area contributed by atoms with Crippen LogP contribution in [0.1, 0.15) is 35.2 Å².